The van der Waals surface area contributed by atoms with Gasteiger partial charge >= 0.3 is 0 Å². The highest BCUT2D eigenvalue weighted by Crippen LogP contribution is 1.78. The maximum absolute atomic E-state index is 5.19. The van der Waals surface area contributed by atoms with E-state index in [2.05, 4.69) is 36.0 Å². The Labute approximate surface area is 98.5 Å². The van der Waals surface area contributed by atoms with E-state index in [0.29, 0.717) is 0 Å². The van der Waals surface area contributed by atoms with Crippen molar-refractivity contribution >= 4 is 11.6 Å². The van der Waals surface area contributed by atoms with Crippen molar-refractivity contribution in [1.29, 1.82) is 0 Å². The molecule has 0 saturated heterocycles. The minimum atomic E-state index is 0. The lowest BCUT2D eigenvalue weighted by Gasteiger charge is -1.88. The first-order valence-electron chi connectivity index (χ1n) is 4.85. The molecule has 1 nitrogen and oxygen atoms in total. The van der Waals surface area contributed by atoms with E-state index >= 15 is 0 Å². The lowest BCUT2D eigenvalue weighted by molar-refractivity contribution is -0.697. The van der Waals surface area contributed by atoms with Gasteiger partial charge in [-0.3, -0.25) is 0 Å². The molecule has 1 aromatic rings. The second-order valence-corrected chi connectivity index (χ2v) is 3.18. The molecule has 0 aliphatic carbocycles. The number of nitrogens with zero attached hydrogens (tertiary/aromatic N) is 1. The average Bonchev–Trinajstić information content (AvgIpc) is 2.20. The van der Waals surface area contributed by atoms with E-state index < -0.39 is 0 Å². The zero-order valence-corrected chi connectivity index (χ0v) is 10.4. The topological polar surface area (TPSA) is 3.88 Å². The number of hydrogen-bond acceptors (Lipinski definition) is 0. The van der Waals surface area contributed by atoms with Crippen LogP contribution in [0.2, 0.25) is 0 Å². The first-order chi connectivity index (χ1) is 6.35. The Bertz CT molecular complexity index is 188. The Morgan fingerprint density at radius 3 is 1.86 bits per heavy atom. The largest absolute Gasteiger partial charge is 1.00 e. The van der Waals surface area contributed by atoms with Gasteiger partial charge in [-0.2, -0.15) is 0 Å². The summed E-state index contributed by atoms with van der Waals surface area (Å²) in [7, 11) is 0. The summed E-state index contributed by atoms with van der Waals surface area (Å²) in [6, 6.07) is 6.14. The monoisotopic (exact) mass is 235 g/mol. The highest BCUT2D eigenvalue weighted by atomic mass is 35.5. The summed E-state index contributed by atoms with van der Waals surface area (Å²) in [6.07, 6.45) is 6.46. The van der Waals surface area contributed by atoms with Crippen LogP contribution in [0.25, 0.3) is 0 Å². The van der Waals surface area contributed by atoms with Crippen LogP contribution in [-0.2, 0) is 6.54 Å². The van der Waals surface area contributed by atoms with E-state index in [1.807, 2.05) is 13.0 Å². The van der Waals surface area contributed by atoms with Crippen LogP contribution >= 0.6 is 11.6 Å². The van der Waals surface area contributed by atoms with Crippen molar-refractivity contribution in [2.24, 2.45) is 0 Å². The summed E-state index contributed by atoms with van der Waals surface area (Å²) in [6.45, 7) is 5.36. The van der Waals surface area contributed by atoms with Crippen LogP contribution in [0.4, 0.5) is 0 Å². The Hall–Kier alpha value is -0.270. The Kier molecular flexibility index (Phi) is 14.7. The Morgan fingerprint density at radius 2 is 1.50 bits per heavy atom. The average molecular weight is 236 g/mol. The maximum Gasteiger partial charge on any atom is 0.168 e. The van der Waals surface area contributed by atoms with E-state index in [-0.39, 0.29) is 12.4 Å². The standard InChI is InChI=1S/C8H12N.C3H7Cl.ClH/c1-2-6-9-7-4-3-5-8-9;1-2-3-4;/h3-5,7-8H,2,6H2,1H3;2-3H2,1H3;1H/q+1;;/p-1. The molecule has 0 saturated carbocycles. The van der Waals surface area contributed by atoms with Gasteiger partial charge in [-0.1, -0.05) is 19.9 Å². The predicted octanol–water partition coefficient (Wildman–Crippen LogP) is 0.0233. The normalized spacial score (nSPS) is 8.21. The number of alkyl halides is 1. The molecule has 0 radical (unpaired) electrons. The zero-order valence-electron chi connectivity index (χ0n) is 8.92. The van der Waals surface area contributed by atoms with Crippen molar-refractivity contribution in [3.8, 4) is 0 Å². The van der Waals surface area contributed by atoms with Crippen molar-refractivity contribution < 1.29 is 17.0 Å². The fourth-order valence-corrected chi connectivity index (χ4v) is 0.842. The maximum atomic E-state index is 5.19. The van der Waals surface area contributed by atoms with Gasteiger partial charge in [-0.15, -0.1) is 11.6 Å². The predicted molar refractivity (Wildman–Crippen MR) is 57.9 cm³/mol. The SMILES string of the molecule is CCCCl.CCC[n+]1ccccc1.[Cl-]. The van der Waals surface area contributed by atoms with Crippen molar-refractivity contribution in [2.75, 3.05) is 5.88 Å². The molecule has 0 aromatic carbocycles. The third kappa shape index (κ3) is 9.82. The summed E-state index contributed by atoms with van der Waals surface area (Å²) >= 11 is 5.19. The van der Waals surface area contributed by atoms with E-state index in [9.17, 15) is 0 Å². The van der Waals surface area contributed by atoms with Gasteiger partial charge in [-0.05, 0) is 6.42 Å². The van der Waals surface area contributed by atoms with Gasteiger partial charge in [0.15, 0.2) is 12.4 Å². The van der Waals surface area contributed by atoms with E-state index in [1.54, 1.807) is 0 Å². The van der Waals surface area contributed by atoms with Crippen LogP contribution in [0, 0.1) is 0 Å². The van der Waals surface area contributed by atoms with Crippen LogP contribution in [-0.4, -0.2) is 5.88 Å². The minimum absolute atomic E-state index is 0. The van der Waals surface area contributed by atoms with E-state index in [1.165, 1.54) is 6.42 Å². The fourth-order valence-electron chi connectivity index (χ4n) is 0.842. The lowest BCUT2D eigenvalue weighted by atomic mass is 10.4. The van der Waals surface area contributed by atoms with E-state index in [0.717, 1.165) is 18.8 Å². The molecule has 0 N–H and O–H groups in total. The van der Waals surface area contributed by atoms with Crippen molar-refractivity contribution in [3.05, 3.63) is 30.6 Å². The molecule has 0 atom stereocenters. The summed E-state index contributed by atoms with van der Waals surface area (Å²) in [5.74, 6) is 0.792. The molecule has 1 aromatic heterocycles. The molecule has 1 heterocycles. The van der Waals surface area contributed by atoms with Gasteiger partial charge in [0, 0.05) is 24.4 Å². The van der Waals surface area contributed by atoms with Gasteiger partial charge in [-0.25, -0.2) is 4.57 Å². The number of rotatable bonds is 3. The Balaban J connectivity index is 0. The van der Waals surface area contributed by atoms with E-state index in [4.69, 9.17) is 11.6 Å². The van der Waals surface area contributed by atoms with Gasteiger partial charge in [0.25, 0.3) is 0 Å². The third-order valence-corrected chi connectivity index (χ3v) is 1.83. The van der Waals surface area contributed by atoms with Crippen LogP contribution in [0.1, 0.15) is 26.7 Å². The quantitative estimate of drug-likeness (QED) is 0.514. The summed E-state index contributed by atoms with van der Waals surface area (Å²) in [4.78, 5) is 0. The zero-order chi connectivity index (χ0) is 9.94. The molecule has 3 heteroatoms. The van der Waals surface area contributed by atoms with Gasteiger partial charge in [0.2, 0.25) is 0 Å². The van der Waals surface area contributed by atoms with Crippen molar-refractivity contribution in [3.63, 3.8) is 0 Å². The number of aryl methyl sites for hydroxylation is 1. The minimum Gasteiger partial charge on any atom is -1.00 e. The molecule has 0 amide bonds. The smallest absolute Gasteiger partial charge is 0.168 e. The molecule has 0 aliphatic heterocycles. The van der Waals surface area contributed by atoms with Crippen molar-refractivity contribution in [1.82, 2.24) is 0 Å². The third-order valence-electron chi connectivity index (χ3n) is 1.45. The molecular weight excluding hydrogens is 217 g/mol. The van der Waals surface area contributed by atoms with Gasteiger partial charge in [0.05, 0.1) is 0 Å². The molecule has 0 bridgehead atoms. The summed E-state index contributed by atoms with van der Waals surface area (Å²) < 4.78 is 2.18. The van der Waals surface area contributed by atoms with Crippen LogP contribution in [0.5, 0.6) is 0 Å². The van der Waals surface area contributed by atoms with Crippen molar-refractivity contribution in [2.45, 2.75) is 33.2 Å². The highest BCUT2D eigenvalue weighted by Gasteiger charge is 1.90. The molecule has 0 spiro atoms. The first-order valence-corrected chi connectivity index (χ1v) is 5.38. The van der Waals surface area contributed by atoms with Crippen LogP contribution in [0.3, 0.4) is 0 Å². The highest BCUT2D eigenvalue weighted by molar-refractivity contribution is 6.17. The molecular formula is C11H19Cl2N. The molecule has 0 unspecified atom stereocenters. The number of hydrogen-bond donors (Lipinski definition) is 0. The second-order valence-electron chi connectivity index (χ2n) is 2.80. The molecule has 14 heavy (non-hydrogen) atoms. The summed E-state index contributed by atoms with van der Waals surface area (Å²) in [5, 5.41) is 0. The molecule has 1 rings (SSSR count). The van der Waals surface area contributed by atoms with Gasteiger partial charge < -0.3 is 12.4 Å². The Morgan fingerprint density at radius 1 is 1.00 bits per heavy atom. The van der Waals surface area contributed by atoms with Crippen LogP contribution < -0.4 is 17.0 Å². The van der Waals surface area contributed by atoms with Crippen LogP contribution in [0.15, 0.2) is 30.6 Å². The molecule has 82 valence electrons. The number of aromatic nitrogens is 1. The first kappa shape index (κ1) is 16.2. The fraction of sp³-hybridized carbons (Fsp3) is 0.545. The van der Waals surface area contributed by atoms with Gasteiger partial charge in [0.1, 0.15) is 6.54 Å². The number of halogens is 2. The lowest BCUT2D eigenvalue weighted by Crippen LogP contribution is -3.00. The molecule has 0 aliphatic rings. The molecule has 0 fully saturated rings. The summed E-state index contributed by atoms with van der Waals surface area (Å²) in [5.41, 5.74) is 0. The second kappa shape index (κ2) is 12.7. The number of pyridine rings is 1.